The number of carbonyl (C=O) groups is 1. The van der Waals surface area contributed by atoms with Crippen LogP contribution < -0.4 is 4.74 Å². The molecule has 1 aromatic carbocycles. The van der Waals surface area contributed by atoms with Crippen LogP contribution in [0.4, 0.5) is 0 Å². The highest BCUT2D eigenvalue weighted by molar-refractivity contribution is 5.86. The summed E-state index contributed by atoms with van der Waals surface area (Å²) in [5.41, 5.74) is 2.75. The lowest BCUT2D eigenvalue weighted by Crippen LogP contribution is -2.45. The van der Waals surface area contributed by atoms with Crippen molar-refractivity contribution in [1.29, 1.82) is 0 Å². The van der Waals surface area contributed by atoms with Crippen molar-refractivity contribution in [3.8, 4) is 5.75 Å². The fourth-order valence-electron chi connectivity index (χ4n) is 4.92. The van der Waals surface area contributed by atoms with Crippen LogP contribution in [0.3, 0.4) is 0 Å². The predicted octanol–water partition coefficient (Wildman–Crippen LogP) is 6.98. The van der Waals surface area contributed by atoms with Gasteiger partial charge in [-0.05, 0) is 66.7 Å². The second kappa shape index (κ2) is 10.7. The number of fused-ring (bicyclic) bond motifs is 3. The third-order valence-electron chi connectivity index (χ3n) is 6.60. The van der Waals surface area contributed by atoms with Crippen LogP contribution in [-0.4, -0.2) is 12.9 Å². The van der Waals surface area contributed by atoms with Gasteiger partial charge in [-0.2, -0.15) is 0 Å². The molecule has 1 fully saturated rings. The highest BCUT2D eigenvalue weighted by Crippen LogP contribution is 2.55. The van der Waals surface area contributed by atoms with Crippen molar-refractivity contribution < 1.29 is 9.53 Å². The van der Waals surface area contributed by atoms with Crippen LogP contribution in [0.15, 0.2) is 30.9 Å². The van der Waals surface area contributed by atoms with Gasteiger partial charge in [0.1, 0.15) is 11.5 Å². The predicted molar refractivity (Wildman–Crippen MR) is 117 cm³/mol. The maximum atomic E-state index is 12.6. The molecule has 0 spiro atoms. The Kier molecular flexibility index (Phi) is 9.29. The van der Waals surface area contributed by atoms with Gasteiger partial charge in [-0.1, -0.05) is 53.7 Å². The average molecular weight is 373 g/mol. The van der Waals surface area contributed by atoms with Crippen LogP contribution in [-0.2, 0) is 11.2 Å². The summed E-state index contributed by atoms with van der Waals surface area (Å²) in [5.74, 6) is 2.98. The molecule has 3 rings (SSSR count). The Bertz CT molecular complexity index is 619. The van der Waals surface area contributed by atoms with E-state index in [0.717, 1.165) is 25.0 Å². The van der Waals surface area contributed by atoms with Gasteiger partial charge in [0.25, 0.3) is 0 Å². The van der Waals surface area contributed by atoms with Gasteiger partial charge >= 0.3 is 0 Å². The number of ether oxygens (including phenoxy) is 1. The number of ketones is 1. The minimum Gasteiger partial charge on any atom is -0.497 e. The van der Waals surface area contributed by atoms with Gasteiger partial charge in [0.15, 0.2) is 0 Å². The van der Waals surface area contributed by atoms with Crippen molar-refractivity contribution in [1.82, 2.24) is 0 Å². The molecule has 1 saturated carbocycles. The number of aryl methyl sites for hydroxylation is 1. The Labute approximate surface area is 167 Å². The van der Waals surface area contributed by atoms with Crippen molar-refractivity contribution in [3.05, 3.63) is 42.0 Å². The van der Waals surface area contributed by atoms with E-state index in [1.807, 2.05) is 27.7 Å². The molecule has 0 N–H and O–H groups in total. The van der Waals surface area contributed by atoms with Crippen molar-refractivity contribution in [2.45, 2.75) is 79.6 Å². The SMILES string of the molecule is C=CCC(=O)C1(C)CCC2c3ccc(OC)cc3CCC2C1C.CC.CC. The highest BCUT2D eigenvalue weighted by Gasteiger charge is 2.49. The van der Waals surface area contributed by atoms with Crippen LogP contribution in [0, 0.1) is 17.3 Å². The number of benzene rings is 1. The third kappa shape index (κ3) is 4.65. The number of allylic oxidation sites excluding steroid dienone is 1. The second-order valence-corrected chi connectivity index (χ2v) is 7.53. The maximum absolute atomic E-state index is 12.6. The summed E-state index contributed by atoms with van der Waals surface area (Å²) >= 11 is 0. The van der Waals surface area contributed by atoms with Gasteiger partial charge in [0, 0.05) is 11.8 Å². The number of hydrogen-bond acceptors (Lipinski definition) is 2. The van der Waals surface area contributed by atoms with Gasteiger partial charge in [-0.15, -0.1) is 6.58 Å². The Morgan fingerprint density at radius 1 is 1.26 bits per heavy atom. The Morgan fingerprint density at radius 2 is 1.93 bits per heavy atom. The van der Waals surface area contributed by atoms with Crippen molar-refractivity contribution >= 4 is 5.78 Å². The molecule has 2 aliphatic rings. The van der Waals surface area contributed by atoms with E-state index in [4.69, 9.17) is 4.74 Å². The fraction of sp³-hybridized carbons (Fsp3) is 0.640. The first kappa shape index (κ1) is 23.5. The molecule has 2 nitrogen and oxygen atoms in total. The van der Waals surface area contributed by atoms with Crippen LogP contribution in [0.25, 0.3) is 0 Å². The fourth-order valence-corrected chi connectivity index (χ4v) is 4.92. The summed E-state index contributed by atoms with van der Waals surface area (Å²) in [5, 5.41) is 0. The molecule has 4 atom stereocenters. The molecule has 2 heteroatoms. The quantitative estimate of drug-likeness (QED) is 0.533. The zero-order chi connectivity index (χ0) is 20.6. The standard InChI is InChI=1S/C21H28O2.2C2H6/c1-5-6-20(22)21(3)12-11-19-17(14(21)2)9-7-15-13-16(23-4)8-10-18(15)19;2*1-2/h5,8,10,13-14,17,19H,1,6-7,9,11-12H2,2-4H3;2*1-2H3. The zero-order valence-corrected chi connectivity index (χ0v) is 18.6. The van der Waals surface area contributed by atoms with E-state index in [9.17, 15) is 4.79 Å². The Hall–Kier alpha value is -1.57. The largest absolute Gasteiger partial charge is 0.497 e. The Balaban J connectivity index is 0.000000855. The molecule has 2 aliphatic carbocycles. The van der Waals surface area contributed by atoms with E-state index >= 15 is 0 Å². The van der Waals surface area contributed by atoms with E-state index in [-0.39, 0.29) is 5.41 Å². The minimum absolute atomic E-state index is 0.181. The molecular weight excluding hydrogens is 332 g/mol. The Morgan fingerprint density at radius 3 is 2.52 bits per heavy atom. The van der Waals surface area contributed by atoms with Crippen LogP contribution in [0.2, 0.25) is 0 Å². The lowest BCUT2D eigenvalue weighted by molar-refractivity contribution is -0.134. The number of methoxy groups -OCH3 is 1. The molecule has 0 aromatic heterocycles. The maximum Gasteiger partial charge on any atom is 0.142 e. The molecule has 0 bridgehead atoms. The highest BCUT2D eigenvalue weighted by atomic mass is 16.5. The molecule has 0 heterocycles. The van der Waals surface area contributed by atoms with Gasteiger partial charge < -0.3 is 4.74 Å². The zero-order valence-electron chi connectivity index (χ0n) is 18.6. The van der Waals surface area contributed by atoms with E-state index in [1.54, 1.807) is 13.2 Å². The number of carbonyl (C=O) groups excluding carboxylic acids is 1. The number of Topliss-reactive ketones (excluding diaryl/α,β-unsaturated/α-hetero) is 1. The summed E-state index contributed by atoms with van der Waals surface area (Å²) in [6.45, 7) is 16.2. The van der Waals surface area contributed by atoms with Crippen molar-refractivity contribution in [2.75, 3.05) is 7.11 Å². The third-order valence-corrected chi connectivity index (χ3v) is 6.60. The van der Waals surface area contributed by atoms with Gasteiger partial charge in [0.2, 0.25) is 0 Å². The molecular formula is C25H40O2. The molecule has 4 unspecified atom stereocenters. The van der Waals surface area contributed by atoms with Crippen LogP contribution >= 0.6 is 0 Å². The monoisotopic (exact) mass is 372 g/mol. The minimum atomic E-state index is -0.181. The molecule has 0 amide bonds. The smallest absolute Gasteiger partial charge is 0.142 e. The average Bonchev–Trinajstić information content (AvgIpc) is 2.73. The van der Waals surface area contributed by atoms with Gasteiger partial charge in [0.05, 0.1) is 7.11 Å². The molecule has 1 aromatic rings. The van der Waals surface area contributed by atoms with Gasteiger partial charge in [-0.25, -0.2) is 0 Å². The molecule has 0 aliphatic heterocycles. The van der Waals surface area contributed by atoms with E-state index in [1.165, 1.54) is 17.5 Å². The van der Waals surface area contributed by atoms with Crippen molar-refractivity contribution in [2.24, 2.45) is 17.3 Å². The summed E-state index contributed by atoms with van der Waals surface area (Å²) in [7, 11) is 1.73. The van der Waals surface area contributed by atoms with Crippen LogP contribution in [0.1, 0.15) is 84.3 Å². The van der Waals surface area contributed by atoms with E-state index in [0.29, 0.717) is 30.0 Å². The molecule has 27 heavy (non-hydrogen) atoms. The number of rotatable bonds is 4. The topological polar surface area (TPSA) is 26.3 Å². The summed E-state index contributed by atoms with van der Waals surface area (Å²) < 4.78 is 5.37. The summed E-state index contributed by atoms with van der Waals surface area (Å²) in [6.07, 6.45) is 6.66. The normalized spacial score (nSPS) is 28.2. The first-order chi connectivity index (χ1) is 13.0. The molecule has 0 saturated heterocycles. The summed E-state index contributed by atoms with van der Waals surface area (Å²) in [6, 6.07) is 6.54. The number of hydrogen-bond donors (Lipinski definition) is 0. The van der Waals surface area contributed by atoms with Gasteiger partial charge in [-0.3, -0.25) is 4.79 Å². The molecule has 152 valence electrons. The first-order valence-electron chi connectivity index (χ1n) is 10.8. The summed E-state index contributed by atoms with van der Waals surface area (Å²) in [4.78, 5) is 12.6. The van der Waals surface area contributed by atoms with E-state index in [2.05, 4.69) is 38.6 Å². The second-order valence-electron chi connectivity index (χ2n) is 7.53. The van der Waals surface area contributed by atoms with E-state index < -0.39 is 0 Å². The molecule has 0 radical (unpaired) electrons. The van der Waals surface area contributed by atoms with Crippen molar-refractivity contribution in [3.63, 3.8) is 0 Å². The first-order valence-corrected chi connectivity index (χ1v) is 10.8. The lowest BCUT2D eigenvalue weighted by Gasteiger charge is -2.50. The van der Waals surface area contributed by atoms with Crippen LogP contribution in [0.5, 0.6) is 5.75 Å². The lowest BCUT2D eigenvalue weighted by atomic mass is 9.54.